The van der Waals surface area contributed by atoms with Crippen LogP contribution in [0.2, 0.25) is 0 Å². The first-order chi connectivity index (χ1) is 11.0. The second-order valence-corrected chi connectivity index (χ2v) is 6.74. The van der Waals surface area contributed by atoms with Gasteiger partial charge in [-0.3, -0.25) is 9.59 Å². The van der Waals surface area contributed by atoms with E-state index in [1.807, 2.05) is 16.7 Å². The number of pyridine rings is 1. The van der Waals surface area contributed by atoms with Gasteiger partial charge in [-0.1, -0.05) is 19.9 Å². The van der Waals surface area contributed by atoms with E-state index in [0.717, 1.165) is 31.3 Å². The highest BCUT2D eigenvalue weighted by molar-refractivity contribution is 6.00. The van der Waals surface area contributed by atoms with Crippen LogP contribution >= 0.6 is 0 Å². The number of rotatable bonds is 5. The number of amides is 1. The molecule has 0 radical (unpaired) electrons. The van der Waals surface area contributed by atoms with Gasteiger partial charge in [0, 0.05) is 24.5 Å². The predicted octanol–water partition coefficient (Wildman–Crippen LogP) is 2.52. The van der Waals surface area contributed by atoms with Crippen molar-refractivity contribution in [3.8, 4) is 0 Å². The monoisotopic (exact) mass is 313 g/mol. The predicted molar refractivity (Wildman–Crippen MR) is 92.6 cm³/mol. The molecule has 0 spiro atoms. The van der Waals surface area contributed by atoms with E-state index >= 15 is 0 Å². The van der Waals surface area contributed by atoms with Crippen LogP contribution in [0.5, 0.6) is 0 Å². The fourth-order valence-corrected chi connectivity index (χ4v) is 2.70. The summed E-state index contributed by atoms with van der Waals surface area (Å²) in [6.45, 7) is 5.06. The number of nitrogens with one attached hydrogen (secondary N) is 1. The first kappa shape index (κ1) is 15.6. The molecule has 1 fully saturated rings. The zero-order valence-electron chi connectivity index (χ0n) is 13.6. The molecule has 2 aromatic rings. The third-order valence-corrected chi connectivity index (χ3v) is 4.25. The van der Waals surface area contributed by atoms with Crippen LogP contribution in [-0.4, -0.2) is 16.5 Å². The molecule has 23 heavy (non-hydrogen) atoms. The number of aromatic nitrogens is 1. The minimum absolute atomic E-state index is 0.186. The molecule has 1 aromatic heterocycles. The van der Waals surface area contributed by atoms with Crippen molar-refractivity contribution < 1.29 is 4.79 Å². The van der Waals surface area contributed by atoms with Gasteiger partial charge in [-0.05, 0) is 37.3 Å². The molecule has 3 N–H and O–H groups in total. The van der Waals surface area contributed by atoms with Crippen molar-refractivity contribution in [1.29, 1.82) is 0 Å². The Labute approximate surface area is 135 Å². The second kappa shape index (κ2) is 6.07. The molecular formula is C18H23N3O2. The van der Waals surface area contributed by atoms with Gasteiger partial charge >= 0.3 is 0 Å². The summed E-state index contributed by atoms with van der Waals surface area (Å²) in [5.74, 6) is 0.246. The molecule has 1 saturated carbocycles. The minimum Gasteiger partial charge on any atom is -0.398 e. The third kappa shape index (κ3) is 3.23. The number of carbonyl (C=O) groups is 1. The maximum atomic E-state index is 12.7. The van der Waals surface area contributed by atoms with Crippen molar-refractivity contribution in [3.05, 3.63) is 40.2 Å². The van der Waals surface area contributed by atoms with Crippen molar-refractivity contribution in [2.45, 2.75) is 45.7 Å². The summed E-state index contributed by atoms with van der Waals surface area (Å²) in [4.78, 5) is 25.1. The highest BCUT2D eigenvalue weighted by atomic mass is 16.2. The maximum Gasteiger partial charge on any atom is 0.256 e. The van der Waals surface area contributed by atoms with E-state index in [1.165, 1.54) is 0 Å². The quantitative estimate of drug-likeness (QED) is 0.833. The number of carbonyl (C=O) groups excluding carboxylic acids is 1. The second-order valence-electron chi connectivity index (χ2n) is 6.74. The Bertz CT molecular complexity index is 804. The van der Waals surface area contributed by atoms with Crippen molar-refractivity contribution in [3.63, 3.8) is 0 Å². The number of fused-ring (bicyclic) bond motifs is 1. The van der Waals surface area contributed by atoms with Crippen LogP contribution in [0.4, 0.5) is 5.69 Å². The van der Waals surface area contributed by atoms with Crippen LogP contribution in [0.15, 0.2) is 29.2 Å². The van der Waals surface area contributed by atoms with Gasteiger partial charge in [-0.15, -0.1) is 0 Å². The Morgan fingerprint density at radius 3 is 2.78 bits per heavy atom. The number of benzene rings is 1. The molecule has 0 aliphatic heterocycles. The molecule has 0 bridgehead atoms. The number of hydrogen-bond acceptors (Lipinski definition) is 3. The highest BCUT2D eigenvalue weighted by Crippen LogP contribution is 2.21. The fraction of sp³-hybridized carbons (Fsp3) is 0.444. The largest absolute Gasteiger partial charge is 0.398 e. The minimum atomic E-state index is -0.291. The highest BCUT2D eigenvalue weighted by Gasteiger charge is 2.26. The van der Waals surface area contributed by atoms with Gasteiger partial charge in [-0.2, -0.15) is 0 Å². The summed E-state index contributed by atoms with van der Waals surface area (Å²) in [5, 5.41) is 3.34. The van der Waals surface area contributed by atoms with Gasteiger partial charge in [0.15, 0.2) is 0 Å². The molecule has 1 aromatic carbocycles. The Morgan fingerprint density at radius 1 is 1.39 bits per heavy atom. The van der Waals surface area contributed by atoms with Crippen molar-refractivity contribution in [2.24, 2.45) is 5.92 Å². The summed E-state index contributed by atoms with van der Waals surface area (Å²) in [7, 11) is 0. The zero-order chi connectivity index (χ0) is 16.6. The van der Waals surface area contributed by atoms with Crippen molar-refractivity contribution in [1.82, 2.24) is 9.88 Å². The number of nitrogen functional groups attached to an aromatic ring is 1. The van der Waals surface area contributed by atoms with E-state index in [0.29, 0.717) is 17.0 Å². The van der Waals surface area contributed by atoms with Crippen molar-refractivity contribution >= 4 is 22.5 Å². The molecular weight excluding hydrogens is 290 g/mol. The van der Waals surface area contributed by atoms with Gasteiger partial charge in [0.2, 0.25) is 5.43 Å². The normalized spacial score (nSPS) is 14.4. The fourth-order valence-electron chi connectivity index (χ4n) is 2.70. The van der Waals surface area contributed by atoms with Gasteiger partial charge in [0.25, 0.3) is 5.91 Å². The molecule has 1 aliphatic carbocycles. The van der Waals surface area contributed by atoms with E-state index < -0.39 is 0 Å². The first-order valence-corrected chi connectivity index (χ1v) is 8.20. The summed E-state index contributed by atoms with van der Waals surface area (Å²) >= 11 is 0. The molecule has 3 rings (SSSR count). The van der Waals surface area contributed by atoms with Crippen molar-refractivity contribution in [2.75, 3.05) is 5.73 Å². The van der Waals surface area contributed by atoms with Gasteiger partial charge in [0.1, 0.15) is 5.56 Å². The van der Waals surface area contributed by atoms with E-state index in [9.17, 15) is 9.59 Å². The van der Waals surface area contributed by atoms with Crippen LogP contribution in [-0.2, 0) is 6.54 Å². The zero-order valence-corrected chi connectivity index (χ0v) is 13.6. The molecule has 1 amide bonds. The molecule has 5 heteroatoms. The molecule has 0 unspecified atom stereocenters. The lowest BCUT2D eigenvalue weighted by molar-refractivity contribution is 0.0949. The van der Waals surface area contributed by atoms with E-state index in [4.69, 9.17) is 5.73 Å². The number of nitrogens with two attached hydrogens (primary N) is 1. The smallest absolute Gasteiger partial charge is 0.256 e. The van der Waals surface area contributed by atoms with Gasteiger partial charge in [0.05, 0.1) is 10.9 Å². The number of aryl methyl sites for hydroxylation is 1. The molecule has 0 saturated heterocycles. The van der Waals surface area contributed by atoms with E-state index in [2.05, 4.69) is 19.2 Å². The topological polar surface area (TPSA) is 77.1 Å². The number of nitrogens with zero attached hydrogens (tertiary/aromatic N) is 1. The Kier molecular flexibility index (Phi) is 4.11. The lowest BCUT2D eigenvalue weighted by atomic mass is 10.1. The molecule has 122 valence electrons. The summed E-state index contributed by atoms with van der Waals surface area (Å²) < 4.78 is 1.98. The number of anilines is 1. The van der Waals surface area contributed by atoms with Gasteiger partial charge < -0.3 is 15.6 Å². The lowest BCUT2D eigenvalue weighted by Gasteiger charge is -2.15. The summed E-state index contributed by atoms with van der Waals surface area (Å²) in [5.41, 5.74) is 7.14. The Hall–Kier alpha value is -2.30. The van der Waals surface area contributed by atoms with Crippen LogP contribution in [0.25, 0.3) is 10.9 Å². The standard InChI is InChI=1S/C18H23N3O2/c1-11(2)8-9-21-10-13(18(23)20-12-6-7-12)17(22)16-14(19)4-3-5-15(16)21/h3-5,10-12H,6-9,19H2,1-2H3,(H,20,23). The molecule has 1 heterocycles. The Morgan fingerprint density at radius 2 is 2.13 bits per heavy atom. The molecule has 1 aliphatic rings. The first-order valence-electron chi connectivity index (χ1n) is 8.20. The summed E-state index contributed by atoms with van der Waals surface area (Å²) in [6, 6.07) is 5.65. The van der Waals surface area contributed by atoms with Crippen LogP contribution in [0, 0.1) is 5.92 Å². The van der Waals surface area contributed by atoms with Gasteiger partial charge in [-0.25, -0.2) is 0 Å². The average molecular weight is 313 g/mol. The summed E-state index contributed by atoms with van der Waals surface area (Å²) in [6.07, 6.45) is 4.63. The lowest BCUT2D eigenvalue weighted by Crippen LogP contribution is -2.31. The van der Waals surface area contributed by atoms with Crippen LogP contribution in [0.1, 0.15) is 43.5 Å². The van der Waals surface area contributed by atoms with E-state index in [-0.39, 0.29) is 22.9 Å². The third-order valence-electron chi connectivity index (χ3n) is 4.25. The van der Waals surface area contributed by atoms with Crippen LogP contribution in [0.3, 0.4) is 0 Å². The number of hydrogen-bond donors (Lipinski definition) is 2. The molecule has 0 atom stereocenters. The van der Waals surface area contributed by atoms with Crippen LogP contribution < -0.4 is 16.5 Å². The molecule has 5 nitrogen and oxygen atoms in total. The average Bonchev–Trinajstić information content (AvgIpc) is 3.30. The van der Waals surface area contributed by atoms with E-state index in [1.54, 1.807) is 12.3 Å². The maximum absolute atomic E-state index is 12.7. The SMILES string of the molecule is CC(C)CCn1cc(C(=O)NC2CC2)c(=O)c2c(N)cccc21. The Balaban J connectivity index is 2.12.